The van der Waals surface area contributed by atoms with Crippen LogP contribution in [0, 0.1) is 6.92 Å². The summed E-state index contributed by atoms with van der Waals surface area (Å²) in [7, 11) is 0. The fraction of sp³-hybridized carbons (Fsp3) is 0.667. The van der Waals surface area contributed by atoms with Gasteiger partial charge in [-0.3, -0.25) is 4.79 Å². The molecule has 0 radical (unpaired) electrons. The van der Waals surface area contributed by atoms with Crippen molar-refractivity contribution in [2.75, 3.05) is 6.54 Å². The van der Waals surface area contributed by atoms with E-state index in [0.29, 0.717) is 13.0 Å². The number of aromatic nitrogens is 1. The first-order valence-corrected chi connectivity index (χ1v) is 6.73. The molecule has 0 saturated carbocycles. The molecular formula is C12H23Cl2N3OS. The number of thiazole rings is 1. The van der Waals surface area contributed by atoms with Crippen molar-refractivity contribution >= 4 is 42.1 Å². The molecular weight excluding hydrogens is 305 g/mol. The van der Waals surface area contributed by atoms with Crippen molar-refractivity contribution in [1.82, 2.24) is 10.3 Å². The summed E-state index contributed by atoms with van der Waals surface area (Å²) in [5.74, 6) is 0.0624. The molecule has 7 heteroatoms. The second-order valence-corrected chi connectivity index (χ2v) is 5.91. The molecule has 3 N–H and O–H groups in total. The summed E-state index contributed by atoms with van der Waals surface area (Å²) in [5.41, 5.74) is 6.32. The maximum atomic E-state index is 11.6. The Morgan fingerprint density at radius 2 is 2.11 bits per heavy atom. The minimum absolute atomic E-state index is 0. The van der Waals surface area contributed by atoms with Crippen LogP contribution in [-0.4, -0.2) is 23.0 Å². The maximum absolute atomic E-state index is 11.6. The van der Waals surface area contributed by atoms with Crippen LogP contribution in [0.3, 0.4) is 0 Å². The van der Waals surface area contributed by atoms with Gasteiger partial charge in [0.1, 0.15) is 0 Å². The zero-order valence-corrected chi connectivity index (χ0v) is 14.0. The molecule has 0 aliphatic heterocycles. The van der Waals surface area contributed by atoms with Gasteiger partial charge in [-0.05, 0) is 33.6 Å². The SMILES string of the molecule is Cc1nc(CCCC(=O)NC(C)(C)CN)cs1.Cl.Cl. The highest BCUT2D eigenvalue weighted by atomic mass is 35.5. The molecule has 0 fully saturated rings. The Hall–Kier alpha value is -0.360. The molecule has 0 atom stereocenters. The molecule has 0 bridgehead atoms. The first-order valence-electron chi connectivity index (χ1n) is 5.85. The number of halogens is 2. The average molecular weight is 328 g/mol. The third kappa shape index (κ3) is 8.42. The standard InChI is InChI=1S/C12H21N3OS.2ClH/c1-9-14-10(7-17-9)5-4-6-11(16)15-12(2,3)8-13;;/h7H,4-6,8,13H2,1-3H3,(H,15,16);2*1H. The maximum Gasteiger partial charge on any atom is 0.220 e. The van der Waals surface area contributed by atoms with Crippen LogP contribution in [0.4, 0.5) is 0 Å². The zero-order valence-electron chi connectivity index (χ0n) is 11.6. The molecule has 1 heterocycles. The Morgan fingerprint density at radius 1 is 1.47 bits per heavy atom. The summed E-state index contributed by atoms with van der Waals surface area (Å²) in [4.78, 5) is 16.0. The van der Waals surface area contributed by atoms with Gasteiger partial charge in [0.25, 0.3) is 0 Å². The highest BCUT2D eigenvalue weighted by molar-refractivity contribution is 7.09. The van der Waals surface area contributed by atoms with E-state index in [2.05, 4.69) is 15.7 Å². The predicted molar refractivity (Wildman–Crippen MR) is 85.6 cm³/mol. The summed E-state index contributed by atoms with van der Waals surface area (Å²) >= 11 is 1.65. The van der Waals surface area contributed by atoms with Crippen LogP contribution >= 0.6 is 36.2 Å². The molecule has 0 aromatic carbocycles. The Morgan fingerprint density at radius 3 is 2.58 bits per heavy atom. The van der Waals surface area contributed by atoms with Crippen LogP contribution in [-0.2, 0) is 11.2 Å². The van der Waals surface area contributed by atoms with E-state index in [1.807, 2.05) is 20.8 Å². The van der Waals surface area contributed by atoms with Crippen LogP contribution in [0.1, 0.15) is 37.4 Å². The zero-order chi connectivity index (χ0) is 12.9. The first-order chi connectivity index (χ1) is 7.93. The molecule has 1 amide bonds. The van der Waals surface area contributed by atoms with Crippen molar-refractivity contribution in [2.24, 2.45) is 5.73 Å². The lowest BCUT2D eigenvalue weighted by Gasteiger charge is -2.24. The van der Waals surface area contributed by atoms with Crippen LogP contribution in [0.2, 0.25) is 0 Å². The number of carbonyl (C=O) groups is 1. The van der Waals surface area contributed by atoms with Crippen molar-refractivity contribution < 1.29 is 4.79 Å². The summed E-state index contributed by atoms with van der Waals surface area (Å²) in [6.45, 7) is 6.29. The largest absolute Gasteiger partial charge is 0.350 e. The Balaban J connectivity index is 0. The third-order valence-electron chi connectivity index (χ3n) is 2.49. The van der Waals surface area contributed by atoms with Gasteiger partial charge in [0, 0.05) is 23.9 Å². The van der Waals surface area contributed by atoms with Gasteiger partial charge in [-0.25, -0.2) is 4.98 Å². The highest BCUT2D eigenvalue weighted by Gasteiger charge is 2.17. The van der Waals surface area contributed by atoms with Crippen LogP contribution < -0.4 is 11.1 Å². The lowest BCUT2D eigenvalue weighted by atomic mass is 10.1. The predicted octanol–water partition coefficient (Wildman–Crippen LogP) is 2.47. The topological polar surface area (TPSA) is 68.0 Å². The minimum atomic E-state index is -0.311. The van der Waals surface area contributed by atoms with Gasteiger partial charge in [-0.1, -0.05) is 0 Å². The fourth-order valence-corrected chi connectivity index (χ4v) is 2.09. The second kappa shape index (κ2) is 9.53. The van der Waals surface area contributed by atoms with E-state index in [-0.39, 0.29) is 36.3 Å². The fourth-order valence-electron chi connectivity index (χ4n) is 1.44. The van der Waals surface area contributed by atoms with E-state index in [4.69, 9.17) is 5.73 Å². The molecule has 0 unspecified atom stereocenters. The Kier molecular flexibility index (Phi) is 10.5. The second-order valence-electron chi connectivity index (χ2n) is 4.85. The van der Waals surface area contributed by atoms with E-state index in [1.165, 1.54) is 0 Å². The third-order valence-corrected chi connectivity index (χ3v) is 3.31. The number of nitrogens with one attached hydrogen (secondary N) is 1. The minimum Gasteiger partial charge on any atom is -0.350 e. The monoisotopic (exact) mass is 327 g/mol. The molecule has 1 aromatic heterocycles. The van der Waals surface area contributed by atoms with E-state index < -0.39 is 0 Å². The van der Waals surface area contributed by atoms with Crippen molar-refractivity contribution in [1.29, 1.82) is 0 Å². The number of hydrogen-bond acceptors (Lipinski definition) is 4. The van der Waals surface area contributed by atoms with Crippen molar-refractivity contribution in [3.05, 3.63) is 16.1 Å². The van der Waals surface area contributed by atoms with Crippen LogP contribution in [0.5, 0.6) is 0 Å². The average Bonchev–Trinajstić information content (AvgIpc) is 2.63. The van der Waals surface area contributed by atoms with Gasteiger partial charge in [-0.2, -0.15) is 0 Å². The number of nitrogens with zero attached hydrogens (tertiary/aromatic N) is 1. The van der Waals surface area contributed by atoms with Gasteiger partial charge >= 0.3 is 0 Å². The van der Waals surface area contributed by atoms with E-state index >= 15 is 0 Å². The normalized spacial score (nSPS) is 10.3. The summed E-state index contributed by atoms with van der Waals surface area (Å²) < 4.78 is 0. The van der Waals surface area contributed by atoms with Gasteiger partial charge in [0.15, 0.2) is 0 Å². The lowest BCUT2D eigenvalue weighted by molar-refractivity contribution is -0.122. The van der Waals surface area contributed by atoms with E-state index in [9.17, 15) is 4.79 Å². The molecule has 19 heavy (non-hydrogen) atoms. The molecule has 0 spiro atoms. The Labute approximate surface area is 131 Å². The van der Waals surface area contributed by atoms with Gasteiger partial charge in [0.05, 0.1) is 10.7 Å². The van der Waals surface area contributed by atoms with Crippen molar-refractivity contribution in [3.8, 4) is 0 Å². The van der Waals surface area contributed by atoms with Gasteiger partial charge < -0.3 is 11.1 Å². The molecule has 1 aromatic rings. The first kappa shape index (κ1) is 20.9. The smallest absolute Gasteiger partial charge is 0.220 e. The number of rotatable bonds is 6. The number of carbonyl (C=O) groups excluding carboxylic acids is 1. The summed E-state index contributed by atoms with van der Waals surface area (Å²) in [6.07, 6.45) is 2.22. The van der Waals surface area contributed by atoms with Crippen LogP contribution in [0.15, 0.2) is 5.38 Å². The number of nitrogens with two attached hydrogens (primary N) is 1. The van der Waals surface area contributed by atoms with Gasteiger partial charge in [-0.15, -0.1) is 36.2 Å². The number of amides is 1. The molecule has 0 aliphatic carbocycles. The van der Waals surface area contributed by atoms with E-state index in [1.54, 1.807) is 11.3 Å². The van der Waals surface area contributed by atoms with E-state index in [0.717, 1.165) is 23.5 Å². The summed E-state index contributed by atoms with van der Waals surface area (Å²) in [6, 6.07) is 0. The van der Waals surface area contributed by atoms with Crippen molar-refractivity contribution in [2.45, 2.75) is 45.6 Å². The quantitative estimate of drug-likeness (QED) is 0.843. The molecule has 112 valence electrons. The summed E-state index contributed by atoms with van der Waals surface area (Å²) in [5, 5.41) is 6.05. The molecule has 0 aliphatic rings. The van der Waals surface area contributed by atoms with Gasteiger partial charge in [0.2, 0.25) is 5.91 Å². The number of aryl methyl sites for hydroxylation is 2. The molecule has 4 nitrogen and oxygen atoms in total. The molecule has 0 saturated heterocycles. The Bertz CT molecular complexity index is 383. The highest BCUT2D eigenvalue weighted by Crippen LogP contribution is 2.10. The van der Waals surface area contributed by atoms with Crippen LogP contribution in [0.25, 0.3) is 0 Å². The molecule has 1 rings (SSSR count). The number of hydrogen-bond donors (Lipinski definition) is 2. The van der Waals surface area contributed by atoms with Crippen molar-refractivity contribution in [3.63, 3.8) is 0 Å². The lowest BCUT2D eigenvalue weighted by Crippen LogP contribution is -2.48.